The van der Waals surface area contributed by atoms with Gasteiger partial charge in [0, 0.05) is 49.9 Å². The number of rotatable bonds is 8. The Morgan fingerprint density at radius 3 is 2.67 bits per heavy atom. The summed E-state index contributed by atoms with van der Waals surface area (Å²) in [6.45, 7) is 1.39. The van der Waals surface area contributed by atoms with Crippen molar-refractivity contribution in [2.24, 2.45) is 12.0 Å². The molecule has 0 aliphatic rings. The summed E-state index contributed by atoms with van der Waals surface area (Å²) in [5.41, 5.74) is 3.01. The zero-order chi connectivity index (χ0) is 21.3. The summed E-state index contributed by atoms with van der Waals surface area (Å²) < 4.78 is 1.81. The van der Waals surface area contributed by atoms with Gasteiger partial charge in [0.05, 0.1) is 18.8 Å². The summed E-state index contributed by atoms with van der Waals surface area (Å²) in [6, 6.07) is 14.3. The standard InChI is InChI=1S/C22H28N6OS/c1-27(2)20(29)15-25-22(23-12-11-19-10-7-13-30-19)24-14-18-16-28(3)26-21(18)17-8-5-4-6-9-17/h4-10,13,16H,11-12,14-15H2,1-3H3,(H2,23,24,25). The third-order valence-corrected chi connectivity index (χ3v) is 5.45. The number of hydrogen-bond donors (Lipinski definition) is 2. The zero-order valence-electron chi connectivity index (χ0n) is 17.6. The van der Waals surface area contributed by atoms with Crippen molar-refractivity contribution >= 4 is 23.2 Å². The summed E-state index contributed by atoms with van der Waals surface area (Å²) in [6.07, 6.45) is 2.89. The van der Waals surface area contributed by atoms with Crippen LogP contribution < -0.4 is 10.6 Å². The van der Waals surface area contributed by atoms with Gasteiger partial charge in [-0.1, -0.05) is 36.4 Å². The van der Waals surface area contributed by atoms with E-state index in [9.17, 15) is 4.79 Å². The molecule has 0 fully saturated rings. The predicted molar refractivity (Wildman–Crippen MR) is 123 cm³/mol. The monoisotopic (exact) mass is 424 g/mol. The molecule has 8 heteroatoms. The summed E-state index contributed by atoms with van der Waals surface area (Å²) in [7, 11) is 5.40. The molecule has 158 valence electrons. The Hall–Kier alpha value is -3.13. The second-order valence-corrected chi connectivity index (χ2v) is 8.14. The van der Waals surface area contributed by atoms with E-state index in [0.717, 1.165) is 29.8 Å². The van der Waals surface area contributed by atoms with Gasteiger partial charge in [-0.05, 0) is 17.9 Å². The molecule has 0 atom stereocenters. The minimum atomic E-state index is -0.00545. The first-order valence-electron chi connectivity index (χ1n) is 9.85. The average molecular weight is 425 g/mol. The Morgan fingerprint density at radius 1 is 1.17 bits per heavy atom. The first-order valence-corrected chi connectivity index (χ1v) is 10.7. The lowest BCUT2D eigenvalue weighted by Crippen LogP contribution is -2.43. The number of carbonyl (C=O) groups excluding carboxylic acids is 1. The van der Waals surface area contributed by atoms with Crippen molar-refractivity contribution in [1.82, 2.24) is 25.3 Å². The average Bonchev–Trinajstić information content (AvgIpc) is 3.39. The van der Waals surface area contributed by atoms with Crippen LogP contribution in [0.2, 0.25) is 0 Å². The Bertz CT molecular complexity index is 963. The normalized spacial score (nSPS) is 11.4. The van der Waals surface area contributed by atoms with Crippen LogP contribution in [-0.2, 0) is 24.8 Å². The van der Waals surface area contributed by atoms with E-state index >= 15 is 0 Å². The Kier molecular flexibility index (Phi) is 7.62. The van der Waals surface area contributed by atoms with Gasteiger partial charge in [0.15, 0.2) is 5.96 Å². The van der Waals surface area contributed by atoms with E-state index in [0.29, 0.717) is 12.5 Å². The summed E-state index contributed by atoms with van der Waals surface area (Å²) >= 11 is 1.74. The Labute approximate surface area is 181 Å². The molecule has 3 aromatic rings. The number of aryl methyl sites for hydroxylation is 1. The first kappa shape index (κ1) is 21.6. The number of carbonyl (C=O) groups is 1. The fraction of sp³-hybridized carbons (Fsp3) is 0.318. The number of hydrogen-bond acceptors (Lipinski definition) is 4. The van der Waals surface area contributed by atoms with Crippen molar-refractivity contribution in [2.75, 3.05) is 27.2 Å². The van der Waals surface area contributed by atoms with Gasteiger partial charge in [-0.2, -0.15) is 5.10 Å². The van der Waals surface area contributed by atoms with Gasteiger partial charge in [-0.15, -0.1) is 11.3 Å². The summed E-state index contributed by atoms with van der Waals surface area (Å²) in [5.74, 6) is 0.610. The molecule has 0 aliphatic heterocycles. The van der Waals surface area contributed by atoms with Gasteiger partial charge in [0.2, 0.25) is 5.91 Å². The Balaban J connectivity index is 1.71. The lowest BCUT2D eigenvalue weighted by atomic mass is 10.1. The van der Waals surface area contributed by atoms with Gasteiger partial charge >= 0.3 is 0 Å². The van der Waals surface area contributed by atoms with E-state index in [1.807, 2.05) is 43.6 Å². The largest absolute Gasteiger partial charge is 0.356 e. The maximum atomic E-state index is 12.0. The molecular formula is C22H28N6OS. The number of aliphatic imine (C=N–C) groups is 1. The van der Waals surface area contributed by atoms with Crippen LogP contribution in [0.3, 0.4) is 0 Å². The molecule has 0 aliphatic carbocycles. The molecule has 0 spiro atoms. The maximum absolute atomic E-state index is 12.0. The van der Waals surface area contributed by atoms with Crippen molar-refractivity contribution in [1.29, 1.82) is 0 Å². The van der Waals surface area contributed by atoms with Crippen LogP contribution in [0.25, 0.3) is 11.3 Å². The van der Waals surface area contributed by atoms with Gasteiger partial charge in [-0.3, -0.25) is 9.48 Å². The van der Waals surface area contributed by atoms with Crippen molar-refractivity contribution in [3.05, 3.63) is 64.5 Å². The van der Waals surface area contributed by atoms with Crippen LogP contribution >= 0.6 is 11.3 Å². The number of benzene rings is 1. The van der Waals surface area contributed by atoms with Gasteiger partial charge < -0.3 is 15.5 Å². The van der Waals surface area contributed by atoms with E-state index in [-0.39, 0.29) is 12.5 Å². The number of guanidine groups is 1. The van der Waals surface area contributed by atoms with Gasteiger partial charge in [0.1, 0.15) is 0 Å². The third kappa shape index (κ3) is 6.18. The zero-order valence-corrected chi connectivity index (χ0v) is 18.4. The van der Waals surface area contributed by atoms with Crippen LogP contribution in [0.4, 0.5) is 0 Å². The van der Waals surface area contributed by atoms with Crippen LogP contribution in [0, 0.1) is 0 Å². The molecule has 0 saturated carbocycles. The fourth-order valence-electron chi connectivity index (χ4n) is 2.91. The SMILES string of the molecule is CN(C)C(=O)CNC(=NCc1cn(C)nc1-c1ccccc1)NCCc1cccs1. The number of aromatic nitrogens is 2. The molecule has 0 radical (unpaired) electrons. The topological polar surface area (TPSA) is 74.5 Å². The number of nitrogens with one attached hydrogen (secondary N) is 2. The molecule has 1 aromatic carbocycles. The molecule has 0 unspecified atom stereocenters. The van der Waals surface area contributed by atoms with E-state index < -0.39 is 0 Å². The molecule has 2 heterocycles. The smallest absolute Gasteiger partial charge is 0.241 e. The molecular weight excluding hydrogens is 396 g/mol. The van der Waals surface area contributed by atoms with Crippen LogP contribution in [-0.4, -0.2) is 53.7 Å². The van der Waals surface area contributed by atoms with Crippen molar-refractivity contribution in [3.8, 4) is 11.3 Å². The van der Waals surface area contributed by atoms with Crippen LogP contribution in [0.15, 0.2) is 59.0 Å². The fourth-order valence-corrected chi connectivity index (χ4v) is 3.62. The second kappa shape index (κ2) is 10.6. The quantitative estimate of drug-likeness (QED) is 0.430. The van der Waals surface area contributed by atoms with E-state index in [1.54, 1.807) is 35.0 Å². The lowest BCUT2D eigenvalue weighted by Gasteiger charge is -2.15. The highest BCUT2D eigenvalue weighted by molar-refractivity contribution is 7.09. The van der Waals surface area contributed by atoms with Gasteiger partial charge in [-0.25, -0.2) is 4.99 Å². The maximum Gasteiger partial charge on any atom is 0.241 e. The van der Waals surface area contributed by atoms with Gasteiger partial charge in [0.25, 0.3) is 0 Å². The highest BCUT2D eigenvalue weighted by atomic mass is 32.1. The van der Waals surface area contributed by atoms with Crippen LogP contribution in [0.1, 0.15) is 10.4 Å². The molecule has 2 aromatic heterocycles. The first-order chi connectivity index (χ1) is 14.5. The van der Waals surface area contributed by atoms with E-state index in [2.05, 4.69) is 33.2 Å². The number of thiophene rings is 1. The molecule has 3 rings (SSSR count). The van der Waals surface area contributed by atoms with Crippen molar-refractivity contribution < 1.29 is 4.79 Å². The van der Waals surface area contributed by atoms with Crippen molar-refractivity contribution in [3.63, 3.8) is 0 Å². The molecule has 0 saturated heterocycles. The molecule has 0 bridgehead atoms. The van der Waals surface area contributed by atoms with Crippen LogP contribution in [0.5, 0.6) is 0 Å². The number of likely N-dealkylation sites (N-methyl/N-ethyl adjacent to an activating group) is 1. The summed E-state index contributed by atoms with van der Waals surface area (Å²) in [4.78, 5) is 19.6. The second-order valence-electron chi connectivity index (χ2n) is 7.11. The molecule has 2 N–H and O–H groups in total. The minimum Gasteiger partial charge on any atom is -0.356 e. The number of amides is 1. The molecule has 7 nitrogen and oxygen atoms in total. The highest BCUT2D eigenvalue weighted by Gasteiger charge is 2.11. The molecule has 1 amide bonds. The predicted octanol–water partition coefficient (Wildman–Crippen LogP) is 2.51. The summed E-state index contributed by atoms with van der Waals surface area (Å²) in [5, 5.41) is 13.2. The Morgan fingerprint density at radius 2 is 1.97 bits per heavy atom. The van der Waals surface area contributed by atoms with Crippen molar-refractivity contribution in [2.45, 2.75) is 13.0 Å². The minimum absolute atomic E-state index is 0.00545. The number of nitrogens with zero attached hydrogens (tertiary/aromatic N) is 4. The highest BCUT2D eigenvalue weighted by Crippen LogP contribution is 2.22. The van der Waals surface area contributed by atoms with E-state index in [1.165, 1.54) is 4.88 Å². The lowest BCUT2D eigenvalue weighted by molar-refractivity contribution is -0.127. The third-order valence-electron chi connectivity index (χ3n) is 4.51. The van der Waals surface area contributed by atoms with E-state index in [4.69, 9.17) is 4.99 Å². The molecule has 30 heavy (non-hydrogen) atoms.